The number of pyridine rings is 1. The number of carbonyl (C=O) groups is 1. The predicted octanol–water partition coefficient (Wildman–Crippen LogP) is 1.71. The van der Waals surface area contributed by atoms with Crippen LogP contribution in [0, 0.1) is 5.82 Å². The Morgan fingerprint density at radius 2 is 2.19 bits per heavy atom. The van der Waals surface area contributed by atoms with Gasteiger partial charge in [0.05, 0.1) is 12.1 Å². The molecule has 6 nitrogen and oxygen atoms in total. The minimum atomic E-state index is -0.636. The number of nitrogens with zero attached hydrogens (tertiary/aromatic N) is 3. The van der Waals surface area contributed by atoms with Crippen molar-refractivity contribution in [3.63, 3.8) is 0 Å². The highest BCUT2D eigenvalue weighted by Crippen LogP contribution is 2.15. The molecule has 0 unspecified atom stereocenters. The first-order valence-corrected chi connectivity index (χ1v) is 6.76. The molecule has 0 aromatic carbocycles. The third-order valence-corrected chi connectivity index (χ3v) is 3.00. The van der Waals surface area contributed by atoms with Crippen molar-refractivity contribution in [1.29, 1.82) is 0 Å². The summed E-state index contributed by atoms with van der Waals surface area (Å²) in [5.74, 6) is -0.329. The summed E-state index contributed by atoms with van der Waals surface area (Å²) in [6.45, 7) is 2.80. The van der Waals surface area contributed by atoms with Crippen molar-refractivity contribution in [1.82, 2.24) is 19.9 Å². The van der Waals surface area contributed by atoms with Gasteiger partial charge in [0.1, 0.15) is 5.82 Å². The number of aryl methyl sites for hydroxylation is 1. The van der Waals surface area contributed by atoms with Crippen molar-refractivity contribution < 1.29 is 9.18 Å². The molecule has 0 aliphatic rings. The number of hydrogen-bond acceptors (Lipinski definition) is 4. The minimum absolute atomic E-state index is 0.0298. The molecule has 1 amide bonds. The summed E-state index contributed by atoms with van der Waals surface area (Å²) in [4.78, 5) is 20.0. The van der Waals surface area contributed by atoms with Crippen LogP contribution in [0.1, 0.15) is 29.5 Å². The molecule has 0 atom stereocenters. The zero-order chi connectivity index (χ0) is 15.2. The monoisotopic (exact) mass is 291 g/mol. The van der Waals surface area contributed by atoms with E-state index in [1.165, 1.54) is 12.3 Å². The van der Waals surface area contributed by atoms with E-state index in [0.29, 0.717) is 12.4 Å². The third-order valence-electron chi connectivity index (χ3n) is 3.00. The smallest absolute Gasteiger partial charge is 0.254 e. The SMILES string of the molecule is CCCNc1nccc(C(=O)NCc2nccn2C)c1F. The number of amides is 1. The molecule has 0 aliphatic heterocycles. The highest BCUT2D eigenvalue weighted by Gasteiger charge is 2.16. The Bertz CT molecular complexity index is 626. The average Bonchev–Trinajstić information content (AvgIpc) is 2.89. The van der Waals surface area contributed by atoms with Crippen LogP contribution in [-0.2, 0) is 13.6 Å². The fraction of sp³-hybridized carbons (Fsp3) is 0.357. The summed E-state index contributed by atoms with van der Waals surface area (Å²) in [5.41, 5.74) is -0.0298. The molecule has 0 saturated heterocycles. The number of anilines is 1. The number of carbonyl (C=O) groups excluding carboxylic acids is 1. The number of nitrogens with one attached hydrogen (secondary N) is 2. The topological polar surface area (TPSA) is 71.8 Å². The molecule has 2 aromatic heterocycles. The number of aromatic nitrogens is 3. The first-order valence-electron chi connectivity index (χ1n) is 6.76. The van der Waals surface area contributed by atoms with Crippen LogP contribution in [0.15, 0.2) is 24.7 Å². The molecule has 0 radical (unpaired) electrons. The van der Waals surface area contributed by atoms with E-state index in [0.717, 1.165) is 6.42 Å². The van der Waals surface area contributed by atoms with E-state index < -0.39 is 11.7 Å². The molecule has 0 aliphatic carbocycles. The van der Waals surface area contributed by atoms with E-state index in [4.69, 9.17) is 0 Å². The molecule has 0 spiro atoms. The van der Waals surface area contributed by atoms with Gasteiger partial charge in [0, 0.05) is 32.2 Å². The second-order valence-corrected chi connectivity index (χ2v) is 4.58. The van der Waals surface area contributed by atoms with Crippen LogP contribution in [0.3, 0.4) is 0 Å². The average molecular weight is 291 g/mol. The van der Waals surface area contributed by atoms with Crippen molar-refractivity contribution in [2.24, 2.45) is 7.05 Å². The predicted molar refractivity (Wildman–Crippen MR) is 77.4 cm³/mol. The van der Waals surface area contributed by atoms with Crippen molar-refractivity contribution in [3.8, 4) is 0 Å². The molecule has 0 saturated carbocycles. The van der Waals surface area contributed by atoms with E-state index in [-0.39, 0.29) is 17.9 Å². The first kappa shape index (κ1) is 15.0. The summed E-state index contributed by atoms with van der Waals surface area (Å²) in [6.07, 6.45) is 5.68. The molecular formula is C14H18FN5O. The lowest BCUT2D eigenvalue weighted by Crippen LogP contribution is -2.25. The number of halogens is 1. The van der Waals surface area contributed by atoms with Crippen molar-refractivity contribution in [3.05, 3.63) is 41.9 Å². The van der Waals surface area contributed by atoms with Crippen molar-refractivity contribution >= 4 is 11.7 Å². The fourth-order valence-corrected chi connectivity index (χ4v) is 1.81. The summed E-state index contributed by atoms with van der Waals surface area (Å²) in [7, 11) is 1.83. The zero-order valence-corrected chi connectivity index (χ0v) is 12.1. The van der Waals surface area contributed by atoms with Gasteiger partial charge in [-0.25, -0.2) is 14.4 Å². The molecular weight excluding hydrogens is 273 g/mol. The van der Waals surface area contributed by atoms with Gasteiger partial charge in [0.25, 0.3) is 5.91 Å². The van der Waals surface area contributed by atoms with E-state index in [1.807, 2.05) is 14.0 Å². The molecule has 2 heterocycles. The maximum atomic E-state index is 14.2. The molecule has 0 bridgehead atoms. The lowest BCUT2D eigenvalue weighted by Gasteiger charge is -2.09. The van der Waals surface area contributed by atoms with Crippen LogP contribution < -0.4 is 10.6 Å². The van der Waals surface area contributed by atoms with Crippen LogP contribution >= 0.6 is 0 Å². The lowest BCUT2D eigenvalue weighted by atomic mass is 10.2. The highest BCUT2D eigenvalue weighted by molar-refractivity contribution is 5.95. The van der Waals surface area contributed by atoms with Gasteiger partial charge < -0.3 is 15.2 Å². The van der Waals surface area contributed by atoms with Gasteiger partial charge in [-0.05, 0) is 12.5 Å². The molecule has 0 fully saturated rings. The Morgan fingerprint density at radius 1 is 1.38 bits per heavy atom. The molecule has 112 valence electrons. The Balaban J connectivity index is 2.07. The first-order chi connectivity index (χ1) is 10.1. The Labute approximate surface area is 122 Å². The standard InChI is InChI=1S/C14H18FN5O/c1-3-5-17-13-12(15)10(4-6-18-13)14(21)19-9-11-16-7-8-20(11)2/h4,6-8H,3,5,9H2,1-2H3,(H,17,18)(H,19,21). The van der Waals surface area contributed by atoms with Gasteiger partial charge in [0.15, 0.2) is 11.6 Å². The largest absolute Gasteiger partial charge is 0.368 e. The Hall–Kier alpha value is -2.44. The van der Waals surface area contributed by atoms with Crippen molar-refractivity contribution in [2.75, 3.05) is 11.9 Å². The van der Waals surface area contributed by atoms with Gasteiger partial charge in [-0.15, -0.1) is 0 Å². The Kier molecular flexibility index (Phi) is 4.86. The second-order valence-electron chi connectivity index (χ2n) is 4.58. The van der Waals surface area contributed by atoms with Crippen LogP contribution in [0.4, 0.5) is 10.2 Å². The van der Waals surface area contributed by atoms with E-state index in [9.17, 15) is 9.18 Å². The summed E-state index contributed by atoms with van der Waals surface area (Å²) in [5, 5.41) is 5.50. The second kappa shape index (κ2) is 6.83. The lowest BCUT2D eigenvalue weighted by molar-refractivity contribution is 0.0945. The molecule has 2 N–H and O–H groups in total. The normalized spacial score (nSPS) is 10.4. The van der Waals surface area contributed by atoms with Crippen LogP contribution in [0.5, 0.6) is 0 Å². The van der Waals surface area contributed by atoms with Gasteiger partial charge in [-0.3, -0.25) is 4.79 Å². The molecule has 21 heavy (non-hydrogen) atoms. The number of hydrogen-bond donors (Lipinski definition) is 2. The van der Waals surface area contributed by atoms with E-state index in [1.54, 1.807) is 17.0 Å². The maximum Gasteiger partial charge on any atom is 0.254 e. The third kappa shape index (κ3) is 3.56. The van der Waals surface area contributed by atoms with Gasteiger partial charge >= 0.3 is 0 Å². The van der Waals surface area contributed by atoms with Crippen LogP contribution in [-0.4, -0.2) is 27.0 Å². The van der Waals surface area contributed by atoms with E-state index >= 15 is 0 Å². The van der Waals surface area contributed by atoms with Gasteiger partial charge in [-0.2, -0.15) is 0 Å². The molecule has 2 rings (SSSR count). The number of imidazole rings is 1. The maximum absolute atomic E-state index is 14.2. The van der Waals surface area contributed by atoms with Crippen molar-refractivity contribution in [2.45, 2.75) is 19.9 Å². The van der Waals surface area contributed by atoms with Gasteiger partial charge in [0.2, 0.25) is 0 Å². The molecule has 7 heteroatoms. The minimum Gasteiger partial charge on any atom is -0.368 e. The van der Waals surface area contributed by atoms with Crippen LogP contribution in [0.25, 0.3) is 0 Å². The van der Waals surface area contributed by atoms with E-state index in [2.05, 4.69) is 20.6 Å². The highest BCUT2D eigenvalue weighted by atomic mass is 19.1. The van der Waals surface area contributed by atoms with Gasteiger partial charge in [-0.1, -0.05) is 6.92 Å². The molecule has 2 aromatic rings. The van der Waals surface area contributed by atoms with Crippen LogP contribution in [0.2, 0.25) is 0 Å². The zero-order valence-electron chi connectivity index (χ0n) is 12.1. The summed E-state index contributed by atoms with van der Waals surface area (Å²) >= 11 is 0. The number of rotatable bonds is 6. The summed E-state index contributed by atoms with van der Waals surface area (Å²) in [6, 6.07) is 1.36. The summed E-state index contributed by atoms with van der Waals surface area (Å²) < 4.78 is 16.0. The quantitative estimate of drug-likeness (QED) is 0.850. The fourth-order valence-electron chi connectivity index (χ4n) is 1.81. The Morgan fingerprint density at radius 3 is 2.86 bits per heavy atom.